The summed E-state index contributed by atoms with van der Waals surface area (Å²) in [5, 5.41) is 11.3. The van der Waals surface area contributed by atoms with Gasteiger partial charge in [-0.15, -0.1) is 0 Å². The number of hydrogen-bond donors (Lipinski definition) is 1. The predicted molar refractivity (Wildman–Crippen MR) is 129 cm³/mol. The third-order valence-electron chi connectivity index (χ3n) is 5.94. The maximum atomic E-state index is 13.2. The van der Waals surface area contributed by atoms with Crippen molar-refractivity contribution < 1.29 is 28.9 Å². The molecule has 1 saturated heterocycles. The highest BCUT2D eigenvalue weighted by Gasteiger charge is 2.46. The summed E-state index contributed by atoms with van der Waals surface area (Å²) < 4.78 is 16.1. The van der Waals surface area contributed by atoms with Gasteiger partial charge in [-0.2, -0.15) is 0 Å². The van der Waals surface area contributed by atoms with Crippen LogP contribution in [0.2, 0.25) is 0 Å². The Labute approximate surface area is 200 Å². The lowest BCUT2D eigenvalue weighted by Gasteiger charge is -2.26. The normalized spacial score (nSPS) is 17.4. The minimum absolute atomic E-state index is 0.0478. The maximum Gasteiger partial charge on any atom is 0.295 e. The van der Waals surface area contributed by atoms with Crippen LogP contribution in [0.1, 0.15) is 29.2 Å². The quantitative estimate of drug-likeness (QED) is 0.343. The van der Waals surface area contributed by atoms with Gasteiger partial charge in [0.25, 0.3) is 11.7 Å². The number of hydrogen-bond acceptors (Lipinski definition) is 7. The number of aryl methyl sites for hydroxylation is 1. The number of benzene rings is 2. The SMILES string of the molecule is COc1ccc(/C(O)=C2/C(=O)C(=O)N(CCCN(C)C)C2c2ccc(OC)c(OC)c2)cc1C. The summed E-state index contributed by atoms with van der Waals surface area (Å²) in [7, 11) is 8.53. The highest BCUT2D eigenvalue weighted by Crippen LogP contribution is 2.42. The van der Waals surface area contributed by atoms with E-state index >= 15 is 0 Å². The molecule has 1 N–H and O–H groups in total. The molecule has 2 aromatic rings. The first-order valence-electron chi connectivity index (χ1n) is 11.0. The fourth-order valence-corrected chi connectivity index (χ4v) is 4.22. The highest BCUT2D eigenvalue weighted by molar-refractivity contribution is 6.46. The van der Waals surface area contributed by atoms with E-state index in [2.05, 4.69) is 0 Å². The average molecular weight is 469 g/mol. The van der Waals surface area contributed by atoms with Crippen LogP contribution in [-0.2, 0) is 9.59 Å². The Kier molecular flexibility index (Phi) is 7.83. The monoisotopic (exact) mass is 468 g/mol. The van der Waals surface area contributed by atoms with E-state index in [1.165, 1.54) is 19.1 Å². The van der Waals surface area contributed by atoms with Crippen LogP contribution in [0.3, 0.4) is 0 Å². The number of methoxy groups -OCH3 is 3. The van der Waals surface area contributed by atoms with Crippen LogP contribution in [0, 0.1) is 6.92 Å². The van der Waals surface area contributed by atoms with Gasteiger partial charge in [-0.3, -0.25) is 9.59 Å². The lowest BCUT2D eigenvalue weighted by Crippen LogP contribution is -2.32. The first kappa shape index (κ1) is 25.1. The summed E-state index contributed by atoms with van der Waals surface area (Å²) in [6, 6.07) is 9.62. The second-order valence-electron chi connectivity index (χ2n) is 8.45. The van der Waals surface area contributed by atoms with Crippen LogP contribution in [0.15, 0.2) is 42.0 Å². The number of nitrogens with zero attached hydrogens (tertiary/aromatic N) is 2. The van der Waals surface area contributed by atoms with Gasteiger partial charge in [-0.25, -0.2) is 0 Å². The molecule has 0 bridgehead atoms. The summed E-state index contributed by atoms with van der Waals surface area (Å²) >= 11 is 0. The molecule has 1 atom stereocenters. The zero-order chi connectivity index (χ0) is 25.0. The zero-order valence-corrected chi connectivity index (χ0v) is 20.5. The van der Waals surface area contributed by atoms with Gasteiger partial charge in [0.1, 0.15) is 11.5 Å². The number of ketones is 1. The van der Waals surface area contributed by atoms with Crippen LogP contribution >= 0.6 is 0 Å². The van der Waals surface area contributed by atoms with Gasteiger partial charge < -0.3 is 29.1 Å². The fourth-order valence-electron chi connectivity index (χ4n) is 4.22. The standard InChI is InChI=1S/C26H32N2O6/c1-16-14-18(9-10-19(16)32-4)24(29)22-23(17-8-11-20(33-5)21(15-17)34-6)28(26(31)25(22)30)13-7-12-27(2)3/h8-11,14-15,23,29H,7,12-13H2,1-6H3/b24-22-. The Hall–Kier alpha value is -3.52. The second kappa shape index (κ2) is 10.6. The number of rotatable bonds is 9. The van der Waals surface area contributed by atoms with E-state index in [-0.39, 0.29) is 11.3 Å². The number of carbonyl (C=O) groups excluding carboxylic acids is 2. The van der Waals surface area contributed by atoms with Crippen LogP contribution in [0.4, 0.5) is 0 Å². The first-order valence-corrected chi connectivity index (χ1v) is 11.0. The number of aliphatic hydroxyl groups excluding tert-OH is 1. The van der Waals surface area contributed by atoms with Crippen molar-refractivity contribution in [1.82, 2.24) is 9.80 Å². The van der Waals surface area contributed by atoms with Crippen molar-refractivity contribution in [3.63, 3.8) is 0 Å². The molecule has 3 rings (SSSR count). The molecule has 34 heavy (non-hydrogen) atoms. The molecule has 0 saturated carbocycles. The maximum absolute atomic E-state index is 13.2. The number of carbonyl (C=O) groups is 2. The molecular formula is C26H32N2O6. The molecule has 1 fully saturated rings. The molecule has 1 amide bonds. The molecule has 8 nitrogen and oxygen atoms in total. The van der Waals surface area contributed by atoms with E-state index in [0.717, 1.165) is 12.1 Å². The van der Waals surface area contributed by atoms with Crippen LogP contribution in [-0.4, -0.2) is 75.1 Å². The Balaban J connectivity index is 2.16. The van der Waals surface area contributed by atoms with Crippen LogP contribution in [0.5, 0.6) is 17.2 Å². The van der Waals surface area contributed by atoms with E-state index in [4.69, 9.17) is 14.2 Å². The molecule has 0 aliphatic carbocycles. The summed E-state index contributed by atoms with van der Waals surface area (Å²) in [6.45, 7) is 2.96. The smallest absolute Gasteiger partial charge is 0.295 e. The number of Topliss-reactive ketones (excluding diaryl/α,β-unsaturated/α-hetero) is 1. The van der Waals surface area contributed by atoms with Crippen molar-refractivity contribution in [3.05, 3.63) is 58.7 Å². The fraction of sp³-hybridized carbons (Fsp3) is 0.385. The highest BCUT2D eigenvalue weighted by atomic mass is 16.5. The third-order valence-corrected chi connectivity index (χ3v) is 5.94. The molecular weight excluding hydrogens is 436 g/mol. The number of amides is 1. The number of ether oxygens (including phenoxy) is 3. The van der Waals surface area contributed by atoms with Crippen molar-refractivity contribution in [2.24, 2.45) is 0 Å². The molecule has 0 aromatic heterocycles. The van der Waals surface area contributed by atoms with Crippen molar-refractivity contribution >= 4 is 17.4 Å². The molecule has 1 unspecified atom stereocenters. The molecule has 1 aliphatic rings. The molecule has 2 aromatic carbocycles. The topological polar surface area (TPSA) is 88.5 Å². The van der Waals surface area contributed by atoms with E-state index < -0.39 is 17.7 Å². The number of likely N-dealkylation sites (tertiary alicyclic amines) is 1. The lowest BCUT2D eigenvalue weighted by molar-refractivity contribution is -0.139. The lowest BCUT2D eigenvalue weighted by atomic mass is 9.94. The third kappa shape index (κ3) is 4.87. The van der Waals surface area contributed by atoms with E-state index in [1.807, 2.05) is 25.9 Å². The minimum Gasteiger partial charge on any atom is -0.507 e. The van der Waals surface area contributed by atoms with Crippen molar-refractivity contribution in [2.75, 3.05) is 48.5 Å². The summed E-state index contributed by atoms with van der Waals surface area (Å²) in [5.41, 5.74) is 1.93. The van der Waals surface area contributed by atoms with E-state index in [1.54, 1.807) is 43.5 Å². The molecule has 0 radical (unpaired) electrons. The zero-order valence-electron chi connectivity index (χ0n) is 20.5. The largest absolute Gasteiger partial charge is 0.507 e. The predicted octanol–water partition coefficient (Wildman–Crippen LogP) is 3.39. The van der Waals surface area contributed by atoms with Gasteiger partial charge in [0.15, 0.2) is 11.5 Å². The van der Waals surface area contributed by atoms with Crippen molar-refractivity contribution in [1.29, 1.82) is 0 Å². The van der Waals surface area contributed by atoms with Gasteiger partial charge in [-0.05, 0) is 75.4 Å². The minimum atomic E-state index is -0.760. The van der Waals surface area contributed by atoms with Gasteiger partial charge in [-0.1, -0.05) is 6.07 Å². The van der Waals surface area contributed by atoms with Crippen molar-refractivity contribution in [2.45, 2.75) is 19.4 Å². The molecule has 8 heteroatoms. The Morgan fingerprint density at radius 3 is 2.21 bits per heavy atom. The molecule has 1 heterocycles. The van der Waals surface area contributed by atoms with Gasteiger partial charge in [0, 0.05) is 12.1 Å². The van der Waals surface area contributed by atoms with Gasteiger partial charge >= 0.3 is 0 Å². The molecule has 182 valence electrons. The summed E-state index contributed by atoms with van der Waals surface area (Å²) in [5.74, 6) is 0.0952. The Morgan fingerprint density at radius 1 is 0.971 bits per heavy atom. The Morgan fingerprint density at radius 2 is 1.62 bits per heavy atom. The van der Waals surface area contributed by atoms with Crippen molar-refractivity contribution in [3.8, 4) is 17.2 Å². The summed E-state index contributed by atoms with van der Waals surface area (Å²) in [6.07, 6.45) is 0.672. The Bertz CT molecular complexity index is 1110. The summed E-state index contributed by atoms with van der Waals surface area (Å²) in [4.78, 5) is 29.8. The first-order chi connectivity index (χ1) is 16.2. The van der Waals surface area contributed by atoms with Crippen LogP contribution in [0.25, 0.3) is 5.76 Å². The average Bonchev–Trinajstić information content (AvgIpc) is 3.07. The van der Waals surface area contributed by atoms with Gasteiger partial charge in [0.2, 0.25) is 0 Å². The van der Waals surface area contributed by atoms with Gasteiger partial charge in [0.05, 0.1) is 32.9 Å². The molecule has 1 aliphatic heterocycles. The van der Waals surface area contributed by atoms with Crippen LogP contribution < -0.4 is 14.2 Å². The number of aliphatic hydroxyl groups is 1. The second-order valence-corrected chi connectivity index (χ2v) is 8.45. The van der Waals surface area contributed by atoms with E-state index in [0.29, 0.717) is 41.3 Å². The van der Waals surface area contributed by atoms with E-state index in [9.17, 15) is 14.7 Å². The molecule has 0 spiro atoms.